The molecule has 150 valence electrons. The summed E-state index contributed by atoms with van der Waals surface area (Å²) in [7, 11) is 0. The Morgan fingerprint density at radius 2 is 1.90 bits per heavy atom. The second-order valence-electron chi connectivity index (χ2n) is 6.49. The fraction of sp³-hybridized carbons (Fsp3) is 0.227. The Labute approximate surface area is 179 Å². The van der Waals surface area contributed by atoms with E-state index in [2.05, 4.69) is 0 Å². The molecule has 1 atom stereocenters. The van der Waals surface area contributed by atoms with Gasteiger partial charge in [0.25, 0.3) is 5.91 Å². The molecule has 1 aliphatic rings. The first-order valence-corrected chi connectivity index (χ1v) is 10.5. The van der Waals surface area contributed by atoms with Gasteiger partial charge in [-0.15, -0.1) is 0 Å². The molecule has 2 aromatic rings. The third-order valence-electron chi connectivity index (χ3n) is 4.44. The van der Waals surface area contributed by atoms with Crippen molar-refractivity contribution in [3.8, 4) is 5.75 Å². The molecular weight excluding hydrogens is 406 g/mol. The third kappa shape index (κ3) is 5.46. The zero-order valence-electron chi connectivity index (χ0n) is 15.9. The van der Waals surface area contributed by atoms with Gasteiger partial charge >= 0.3 is 5.97 Å². The number of nitrogens with zero attached hydrogens (tertiary/aromatic N) is 1. The van der Waals surface area contributed by atoms with Gasteiger partial charge in [0.05, 0.1) is 4.91 Å². The van der Waals surface area contributed by atoms with Crippen LogP contribution >= 0.6 is 24.0 Å². The van der Waals surface area contributed by atoms with Crippen molar-refractivity contribution in [1.82, 2.24) is 4.90 Å². The Hall–Kier alpha value is -2.64. The minimum absolute atomic E-state index is 0.0896. The number of carbonyl (C=O) groups is 2. The van der Waals surface area contributed by atoms with E-state index in [-0.39, 0.29) is 5.91 Å². The lowest BCUT2D eigenvalue weighted by Gasteiger charge is -2.14. The predicted molar refractivity (Wildman–Crippen MR) is 119 cm³/mol. The average molecular weight is 428 g/mol. The van der Waals surface area contributed by atoms with Gasteiger partial charge in [-0.2, -0.15) is 0 Å². The molecule has 1 fully saturated rings. The Bertz CT molecular complexity index is 926. The molecule has 1 N–H and O–H groups in total. The lowest BCUT2D eigenvalue weighted by Crippen LogP contribution is -2.30. The highest BCUT2D eigenvalue weighted by Crippen LogP contribution is 2.33. The van der Waals surface area contributed by atoms with Crippen molar-refractivity contribution in [3.63, 3.8) is 0 Å². The van der Waals surface area contributed by atoms with Gasteiger partial charge in [-0.25, -0.2) is 4.79 Å². The lowest BCUT2D eigenvalue weighted by molar-refractivity contribution is -0.145. The Morgan fingerprint density at radius 3 is 2.52 bits per heavy atom. The summed E-state index contributed by atoms with van der Waals surface area (Å²) in [4.78, 5) is 26.0. The van der Waals surface area contributed by atoms with E-state index in [1.807, 2.05) is 30.3 Å². The standard InChI is InChI=1S/C22H21NO4S2/c1-2-18(21(25)26)27-17-10-8-16(9-11-17)14-19-20(24)23(22(28)29-19)13-12-15-6-4-3-5-7-15/h3-11,14,18H,2,12-13H2,1H3,(H,25,26)/b19-14+. The minimum Gasteiger partial charge on any atom is -0.479 e. The van der Waals surface area contributed by atoms with E-state index < -0.39 is 12.1 Å². The molecule has 0 bridgehead atoms. The van der Waals surface area contributed by atoms with E-state index in [4.69, 9.17) is 22.1 Å². The van der Waals surface area contributed by atoms with E-state index in [0.29, 0.717) is 27.9 Å². The van der Waals surface area contributed by atoms with Crippen molar-refractivity contribution in [2.75, 3.05) is 6.54 Å². The zero-order chi connectivity index (χ0) is 20.8. The number of carbonyl (C=O) groups excluding carboxylic acids is 1. The number of hydrogen-bond acceptors (Lipinski definition) is 5. The number of thioether (sulfide) groups is 1. The molecule has 1 unspecified atom stereocenters. The molecule has 1 saturated heterocycles. The number of thiocarbonyl (C=S) groups is 1. The summed E-state index contributed by atoms with van der Waals surface area (Å²) in [5.74, 6) is -0.601. The molecule has 29 heavy (non-hydrogen) atoms. The largest absolute Gasteiger partial charge is 0.479 e. The quantitative estimate of drug-likeness (QED) is 0.498. The molecular formula is C22H21NO4S2. The van der Waals surface area contributed by atoms with Crippen molar-refractivity contribution in [1.29, 1.82) is 0 Å². The monoisotopic (exact) mass is 427 g/mol. The normalized spacial score (nSPS) is 16.3. The summed E-state index contributed by atoms with van der Waals surface area (Å²) >= 11 is 6.68. The fourth-order valence-corrected chi connectivity index (χ4v) is 4.15. The van der Waals surface area contributed by atoms with Crippen LogP contribution in [0.2, 0.25) is 0 Å². The first-order chi connectivity index (χ1) is 14.0. The molecule has 2 aromatic carbocycles. The number of aliphatic carboxylic acids is 1. The number of carboxylic acids is 1. The molecule has 5 nitrogen and oxygen atoms in total. The maximum atomic E-state index is 12.7. The van der Waals surface area contributed by atoms with E-state index in [0.717, 1.165) is 17.5 Å². The first-order valence-electron chi connectivity index (χ1n) is 9.26. The van der Waals surface area contributed by atoms with Gasteiger partial charge < -0.3 is 9.84 Å². The number of amides is 1. The topological polar surface area (TPSA) is 66.8 Å². The molecule has 0 aliphatic carbocycles. The van der Waals surface area contributed by atoms with Crippen LogP contribution in [0.3, 0.4) is 0 Å². The molecule has 0 radical (unpaired) electrons. The van der Waals surface area contributed by atoms with E-state index in [1.54, 1.807) is 42.2 Å². The summed E-state index contributed by atoms with van der Waals surface area (Å²) in [5.41, 5.74) is 1.98. The maximum absolute atomic E-state index is 12.7. The summed E-state index contributed by atoms with van der Waals surface area (Å²) in [6.07, 6.45) is 2.04. The summed E-state index contributed by atoms with van der Waals surface area (Å²) in [5, 5.41) is 9.08. The van der Waals surface area contributed by atoms with Crippen LogP contribution in [0.4, 0.5) is 0 Å². The van der Waals surface area contributed by atoms with Crippen LogP contribution in [0.15, 0.2) is 59.5 Å². The van der Waals surface area contributed by atoms with Crippen LogP contribution in [0, 0.1) is 0 Å². The van der Waals surface area contributed by atoms with Crippen LogP contribution in [0.5, 0.6) is 5.75 Å². The highest BCUT2D eigenvalue weighted by Gasteiger charge is 2.31. The van der Waals surface area contributed by atoms with Crippen LogP contribution in [0.25, 0.3) is 6.08 Å². The summed E-state index contributed by atoms with van der Waals surface area (Å²) in [6, 6.07) is 17.0. The smallest absolute Gasteiger partial charge is 0.344 e. The zero-order valence-corrected chi connectivity index (χ0v) is 17.5. The van der Waals surface area contributed by atoms with Gasteiger partial charge in [0.2, 0.25) is 0 Å². The summed E-state index contributed by atoms with van der Waals surface area (Å²) < 4.78 is 6.02. The van der Waals surface area contributed by atoms with E-state index >= 15 is 0 Å². The highest BCUT2D eigenvalue weighted by atomic mass is 32.2. The van der Waals surface area contributed by atoms with Crippen molar-refractivity contribution < 1.29 is 19.4 Å². The molecule has 0 spiro atoms. The van der Waals surface area contributed by atoms with Gasteiger partial charge in [-0.1, -0.05) is 73.4 Å². The van der Waals surface area contributed by atoms with Crippen LogP contribution < -0.4 is 4.74 Å². The second-order valence-corrected chi connectivity index (χ2v) is 8.17. The van der Waals surface area contributed by atoms with Gasteiger partial charge in [0.15, 0.2) is 6.10 Å². The van der Waals surface area contributed by atoms with Gasteiger partial charge in [-0.3, -0.25) is 9.69 Å². The van der Waals surface area contributed by atoms with E-state index in [1.165, 1.54) is 11.8 Å². The minimum atomic E-state index is -0.990. The van der Waals surface area contributed by atoms with Crippen LogP contribution in [0.1, 0.15) is 24.5 Å². The molecule has 1 aliphatic heterocycles. The number of hydrogen-bond donors (Lipinski definition) is 1. The van der Waals surface area contributed by atoms with E-state index in [9.17, 15) is 9.59 Å². The average Bonchev–Trinajstić information content (AvgIpc) is 2.99. The highest BCUT2D eigenvalue weighted by molar-refractivity contribution is 8.26. The number of ether oxygens (including phenoxy) is 1. The molecule has 7 heteroatoms. The SMILES string of the molecule is CCC(Oc1ccc(/C=C2/SC(=S)N(CCc3ccccc3)C2=O)cc1)C(=O)O. The van der Waals surface area contributed by atoms with Gasteiger partial charge in [0, 0.05) is 6.54 Å². The molecule has 1 heterocycles. The molecule has 3 rings (SSSR count). The van der Waals surface area contributed by atoms with Crippen molar-refractivity contribution >= 4 is 46.3 Å². The number of rotatable bonds is 8. The van der Waals surface area contributed by atoms with Crippen LogP contribution in [-0.2, 0) is 16.0 Å². The van der Waals surface area contributed by atoms with Crippen molar-refractivity contribution in [3.05, 3.63) is 70.6 Å². The third-order valence-corrected chi connectivity index (χ3v) is 5.82. The Balaban J connectivity index is 1.65. The van der Waals surface area contributed by atoms with Gasteiger partial charge in [-0.05, 0) is 42.2 Å². The molecule has 0 saturated carbocycles. The number of benzene rings is 2. The van der Waals surface area contributed by atoms with Gasteiger partial charge in [0.1, 0.15) is 10.1 Å². The Morgan fingerprint density at radius 1 is 1.21 bits per heavy atom. The fourth-order valence-electron chi connectivity index (χ4n) is 2.84. The number of carboxylic acid groups (broad SMARTS) is 1. The van der Waals surface area contributed by atoms with Crippen LogP contribution in [-0.4, -0.2) is 38.9 Å². The second kappa shape index (κ2) is 9.71. The molecule has 1 amide bonds. The summed E-state index contributed by atoms with van der Waals surface area (Å²) in [6.45, 7) is 2.30. The predicted octanol–water partition coefficient (Wildman–Crippen LogP) is 4.37. The first kappa shape index (κ1) is 21.1. The van der Waals surface area contributed by atoms with Crippen molar-refractivity contribution in [2.24, 2.45) is 0 Å². The molecule has 0 aromatic heterocycles. The maximum Gasteiger partial charge on any atom is 0.344 e. The van der Waals surface area contributed by atoms with Crippen molar-refractivity contribution in [2.45, 2.75) is 25.9 Å². The lowest BCUT2D eigenvalue weighted by atomic mass is 10.1. The Kier molecular flexibility index (Phi) is 7.06.